The van der Waals surface area contributed by atoms with E-state index in [9.17, 15) is 0 Å². The molecule has 5 rings (SSSR count). The Kier molecular flexibility index (Phi) is 3.97. The SMILES string of the molecule is Cc1cc(N2CCN(c3ccc4nc(C(C)(C)C)cn4c3)CC2)n2ncnc2n1. The largest absolute Gasteiger partial charge is 0.367 e. The van der Waals surface area contributed by atoms with Gasteiger partial charge in [-0.1, -0.05) is 20.8 Å². The van der Waals surface area contributed by atoms with Crippen LogP contribution in [-0.4, -0.2) is 55.1 Å². The fraction of sp³-hybridized carbons (Fsp3) is 0.429. The third kappa shape index (κ3) is 3.18. The van der Waals surface area contributed by atoms with E-state index in [4.69, 9.17) is 4.98 Å². The maximum absolute atomic E-state index is 4.77. The molecule has 0 radical (unpaired) electrons. The van der Waals surface area contributed by atoms with E-state index in [0.717, 1.165) is 49.0 Å². The Morgan fingerprint density at radius 2 is 1.69 bits per heavy atom. The van der Waals surface area contributed by atoms with Crippen LogP contribution in [0.5, 0.6) is 0 Å². The van der Waals surface area contributed by atoms with Gasteiger partial charge in [-0.15, -0.1) is 0 Å². The number of aryl methyl sites for hydroxylation is 1. The number of piperazine rings is 1. The first kappa shape index (κ1) is 17.9. The molecule has 150 valence electrons. The summed E-state index contributed by atoms with van der Waals surface area (Å²) < 4.78 is 3.97. The molecule has 0 unspecified atom stereocenters. The molecule has 4 aromatic heterocycles. The van der Waals surface area contributed by atoms with E-state index in [-0.39, 0.29) is 5.41 Å². The van der Waals surface area contributed by atoms with Crippen molar-refractivity contribution in [1.82, 2.24) is 29.0 Å². The normalized spacial score (nSPS) is 15.6. The molecule has 29 heavy (non-hydrogen) atoms. The van der Waals surface area contributed by atoms with Crippen LogP contribution >= 0.6 is 0 Å². The summed E-state index contributed by atoms with van der Waals surface area (Å²) in [4.78, 5) is 18.2. The first-order chi connectivity index (χ1) is 13.9. The monoisotopic (exact) mass is 390 g/mol. The molecule has 1 fully saturated rings. The van der Waals surface area contributed by atoms with Crippen molar-refractivity contribution in [2.45, 2.75) is 33.1 Å². The summed E-state index contributed by atoms with van der Waals surface area (Å²) in [6, 6.07) is 6.38. The summed E-state index contributed by atoms with van der Waals surface area (Å²) in [6.07, 6.45) is 5.91. The zero-order chi connectivity index (χ0) is 20.2. The zero-order valence-electron chi connectivity index (χ0n) is 17.4. The molecule has 8 heteroatoms. The lowest BCUT2D eigenvalue weighted by Gasteiger charge is -2.37. The summed E-state index contributed by atoms with van der Waals surface area (Å²) in [5.74, 6) is 1.71. The van der Waals surface area contributed by atoms with E-state index in [1.165, 1.54) is 5.69 Å². The van der Waals surface area contributed by atoms with Gasteiger partial charge in [0.2, 0.25) is 0 Å². The molecule has 0 spiro atoms. The molecule has 4 aromatic rings. The van der Waals surface area contributed by atoms with E-state index < -0.39 is 0 Å². The first-order valence-electron chi connectivity index (χ1n) is 10.0. The van der Waals surface area contributed by atoms with Crippen molar-refractivity contribution in [2.24, 2.45) is 0 Å². The summed E-state index contributed by atoms with van der Waals surface area (Å²) in [5.41, 5.74) is 4.35. The van der Waals surface area contributed by atoms with Gasteiger partial charge in [-0.2, -0.15) is 14.6 Å². The lowest BCUT2D eigenvalue weighted by molar-refractivity contribution is 0.573. The Hall–Kier alpha value is -3.16. The Balaban J connectivity index is 1.37. The Labute approximate surface area is 169 Å². The lowest BCUT2D eigenvalue weighted by Crippen LogP contribution is -2.47. The van der Waals surface area contributed by atoms with Crippen LogP contribution in [0.3, 0.4) is 0 Å². The molecule has 0 aliphatic carbocycles. The van der Waals surface area contributed by atoms with Crippen molar-refractivity contribution in [1.29, 1.82) is 0 Å². The molecule has 0 saturated carbocycles. The maximum Gasteiger partial charge on any atom is 0.254 e. The van der Waals surface area contributed by atoms with Crippen LogP contribution in [0.25, 0.3) is 11.4 Å². The van der Waals surface area contributed by atoms with Crippen molar-refractivity contribution in [3.63, 3.8) is 0 Å². The van der Waals surface area contributed by atoms with Crippen molar-refractivity contribution in [2.75, 3.05) is 36.0 Å². The molecule has 0 atom stereocenters. The average molecular weight is 390 g/mol. The van der Waals surface area contributed by atoms with Gasteiger partial charge in [0, 0.05) is 55.7 Å². The zero-order valence-corrected chi connectivity index (χ0v) is 17.4. The fourth-order valence-electron chi connectivity index (χ4n) is 3.86. The van der Waals surface area contributed by atoms with Gasteiger partial charge in [0.1, 0.15) is 17.8 Å². The third-order valence-electron chi connectivity index (χ3n) is 5.53. The van der Waals surface area contributed by atoms with Gasteiger partial charge < -0.3 is 14.2 Å². The second-order valence-corrected chi connectivity index (χ2v) is 8.73. The summed E-state index contributed by atoms with van der Waals surface area (Å²) in [5, 5.41) is 4.35. The number of fused-ring (bicyclic) bond motifs is 2. The highest BCUT2D eigenvalue weighted by atomic mass is 15.4. The van der Waals surface area contributed by atoms with Crippen LogP contribution in [0.4, 0.5) is 11.5 Å². The van der Waals surface area contributed by atoms with Gasteiger partial charge in [0.05, 0.1) is 11.4 Å². The van der Waals surface area contributed by atoms with Gasteiger partial charge in [0.25, 0.3) is 5.78 Å². The molecule has 0 aromatic carbocycles. The van der Waals surface area contributed by atoms with Crippen LogP contribution in [0.15, 0.2) is 36.9 Å². The minimum atomic E-state index is 0.0488. The van der Waals surface area contributed by atoms with Crippen LogP contribution < -0.4 is 9.80 Å². The minimum Gasteiger partial charge on any atom is -0.367 e. The quantitative estimate of drug-likeness (QED) is 0.524. The van der Waals surface area contributed by atoms with Crippen LogP contribution in [0, 0.1) is 6.92 Å². The molecule has 0 amide bonds. The first-order valence-corrected chi connectivity index (χ1v) is 10.0. The Bertz CT molecular complexity index is 1170. The second kappa shape index (κ2) is 6.43. The summed E-state index contributed by atoms with van der Waals surface area (Å²) >= 11 is 0. The van der Waals surface area contributed by atoms with E-state index in [0.29, 0.717) is 5.78 Å². The second-order valence-electron chi connectivity index (χ2n) is 8.73. The molecule has 8 nitrogen and oxygen atoms in total. The van der Waals surface area contributed by atoms with Crippen LogP contribution in [0.2, 0.25) is 0 Å². The van der Waals surface area contributed by atoms with E-state index >= 15 is 0 Å². The topological polar surface area (TPSA) is 66.9 Å². The predicted molar refractivity (Wildman–Crippen MR) is 114 cm³/mol. The molecule has 0 N–H and O–H groups in total. The lowest BCUT2D eigenvalue weighted by atomic mass is 9.93. The highest BCUT2D eigenvalue weighted by Gasteiger charge is 2.22. The van der Waals surface area contributed by atoms with Gasteiger partial charge in [-0.3, -0.25) is 0 Å². The number of pyridine rings is 1. The van der Waals surface area contributed by atoms with Gasteiger partial charge in [-0.25, -0.2) is 9.97 Å². The number of rotatable bonds is 2. The molecule has 1 aliphatic rings. The van der Waals surface area contributed by atoms with Crippen molar-refractivity contribution in [3.8, 4) is 0 Å². The number of hydrogen-bond acceptors (Lipinski definition) is 6. The smallest absolute Gasteiger partial charge is 0.254 e. The van der Waals surface area contributed by atoms with Gasteiger partial charge >= 0.3 is 0 Å². The van der Waals surface area contributed by atoms with E-state index in [2.05, 4.69) is 80.6 Å². The predicted octanol–water partition coefficient (Wildman–Crippen LogP) is 2.70. The summed E-state index contributed by atoms with van der Waals surface area (Å²) in [6.45, 7) is 12.3. The fourth-order valence-corrected chi connectivity index (χ4v) is 3.86. The number of aromatic nitrogens is 6. The molecular weight excluding hydrogens is 364 g/mol. The van der Waals surface area contributed by atoms with Crippen molar-refractivity contribution in [3.05, 3.63) is 48.3 Å². The molecule has 1 saturated heterocycles. The molecule has 1 aliphatic heterocycles. The summed E-state index contributed by atoms with van der Waals surface area (Å²) in [7, 11) is 0. The Morgan fingerprint density at radius 1 is 0.931 bits per heavy atom. The van der Waals surface area contributed by atoms with E-state index in [1.54, 1.807) is 6.33 Å². The van der Waals surface area contributed by atoms with Gasteiger partial charge in [0.15, 0.2) is 0 Å². The molecular formula is C21H26N8. The van der Waals surface area contributed by atoms with Crippen LogP contribution in [0.1, 0.15) is 32.2 Å². The highest BCUT2D eigenvalue weighted by Crippen LogP contribution is 2.25. The average Bonchev–Trinajstić information content (AvgIpc) is 3.33. The van der Waals surface area contributed by atoms with Crippen molar-refractivity contribution < 1.29 is 0 Å². The number of anilines is 2. The Morgan fingerprint density at radius 3 is 2.45 bits per heavy atom. The number of nitrogens with zero attached hydrogens (tertiary/aromatic N) is 8. The maximum atomic E-state index is 4.77. The molecule has 5 heterocycles. The van der Waals surface area contributed by atoms with Crippen LogP contribution in [-0.2, 0) is 5.41 Å². The van der Waals surface area contributed by atoms with Crippen molar-refractivity contribution >= 4 is 22.9 Å². The number of imidazole rings is 1. The molecule has 0 bridgehead atoms. The minimum absolute atomic E-state index is 0.0488. The van der Waals surface area contributed by atoms with E-state index in [1.807, 2.05) is 11.4 Å². The standard InChI is InChI=1S/C21H26N8/c1-15-11-19(29-20(24-15)22-14-23-29)27-9-7-26(8-10-27)16-5-6-18-25-17(21(2,3)4)13-28(18)12-16/h5-6,11-14H,7-10H2,1-4H3. The third-order valence-corrected chi connectivity index (χ3v) is 5.53. The van der Waals surface area contributed by atoms with Gasteiger partial charge in [-0.05, 0) is 19.1 Å². The number of hydrogen-bond donors (Lipinski definition) is 0. The highest BCUT2D eigenvalue weighted by molar-refractivity contribution is 5.55.